The first-order chi connectivity index (χ1) is 10.1. The minimum Gasteiger partial charge on any atom is -0.392 e. The fourth-order valence-corrected chi connectivity index (χ4v) is 2.93. The maximum Gasteiger partial charge on any atom is 0.127 e. The van der Waals surface area contributed by atoms with Gasteiger partial charge in [0.2, 0.25) is 0 Å². The van der Waals surface area contributed by atoms with Crippen LogP contribution in [0.4, 0.5) is 8.78 Å². The molecule has 1 saturated carbocycles. The molecule has 116 valence electrons. The van der Waals surface area contributed by atoms with Gasteiger partial charge < -0.3 is 5.11 Å². The first kappa shape index (κ1) is 14.9. The second-order valence-electron chi connectivity index (χ2n) is 6.22. The molecule has 2 fully saturated rings. The predicted octanol–water partition coefficient (Wildman–Crippen LogP) is 1.85. The Morgan fingerprint density at radius 3 is 2.43 bits per heavy atom. The third kappa shape index (κ3) is 3.99. The van der Waals surface area contributed by atoms with Crippen LogP contribution in [0.5, 0.6) is 0 Å². The predicted molar refractivity (Wildman–Crippen MR) is 76.8 cm³/mol. The van der Waals surface area contributed by atoms with Gasteiger partial charge in [0.15, 0.2) is 0 Å². The van der Waals surface area contributed by atoms with Crippen molar-refractivity contribution in [3.8, 4) is 0 Å². The van der Waals surface area contributed by atoms with Crippen molar-refractivity contribution in [2.75, 3.05) is 32.7 Å². The molecule has 0 spiro atoms. The molecule has 1 aromatic carbocycles. The van der Waals surface area contributed by atoms with Crippen molar-refractivity contribution in [2.45, 2.75) is 25.5 Å². The molecule has 0 radical (unpaired) electrons. The molecular formula is C16H22F2N2O. The van der Waals surface area contributed by atoms with E-state index in [0.29, 0.717) is 18.0 Å². The largest absolute Gasteiger partial charge is 0.392 e. The molecule has 0 aromatic heterocycles. The lowest BCUT2D eigenvalue weighted by atomic mass is 10.1. The van der Waals surface area contributed by atoms with Crippen LogP contribution in [0.1, 0.15) is 18.4 Å². The van der Waals surface area contributed by atoms with Crippen LogP contribution in [0.25, 0.3) is 0 Å². The van der Waals surface area contributed by atoms with E-state index in [0.717, 1.165) is 51.6 Å². The molecule has 3 rings (SSSR count). The number of halogens is 2. The zero-order valence-corrected chi connectivity index (χ0v) is 12.1. The minimum atomic E-state index is -0.391. The van der Waals surface area contributed by atoms with Crippen molar-refractivity contribution in [3.05, 3.63) is 35.4 Å². The normalized spacial score (nSPS) is 22.4. The minimum absolute atomic E-state index is 0.197. The molecular weight excluding hydrogens is 274 g/mol. The molecule has 1 saturated heterocycles. The van der Waals surface area contributed by atoms with Gasteiger partial charge in [-0.3, -0.25) is 9.80 Å². The van der Waals surface area contributed by atoms with Gasteiger partial charge in [0.25, 0.3) is 0 Å². The summed E-state index contributed by atoms with van der Waals surface area (Å²) in [7, 11) is 0. The zero-order valence-electron chi connectivity index (χ0n) is 12.1. The molecule has 1 atom stereocenters. The Hall–Kier alpha value is -1.04. The number of rotatable bonds is 5. The average molecular weight is 296 g/mol. The quantitative estimate of drug-likeness (QED) is 0.898. The Kier molecular flexibility index (Phi) is 4.52. The second-order valence-corrected chi connectivity index (χ2v) is 6.22. The third-order valence-electron chi connectivity index (χ3n) is 4.48. The Bertz CT molecular complexity index is 485. The summed E-state index contributed by atoms with van der Waals surface area (Å²) in [4.78, 5) is 4.40. The highest BCUT2D eigenvalue weighted by Gasteiger charge is 2.31. The average Bonchev–Trinajstić information content (AvgIpc) is 3.29. The lowest BCUT2D eigenvalue weighted by molar-refractivity contribution is 0.0599. The molecule has 1 aromatic rings. The monoisotopic (exact) mass is 296 g/mol. The summed E-state index contributed by atoms with van der Waals surface area (Å²) < 4.78 is 26.8. The molecule has 5 heteroatoms. The van der Waals surface area contributed by atoms with Crippen molar-refractivity contribution >= 4 is 0 Å². The van der Waals surface area contributed by atoms with Crippen molar-refractivity contribution in [2.24, 2.45) is 5.92 Å². The van der Waals surface area contributed by atoms with Crippen molar-refractivity contribution in [3.63, 3.8) is 0 Å². The molecule has 0 bridgehead atoms. The van der Waals surface area contributed by atoms with Crippen molar-refractivity contribution in [1.82, 2.24) is 9.80 Å². The van der Waals surface area contributed by atoms with E-state index in [-0.39, 0.29) is 11.9 Å². The van der Waals surface area contributed by atoms with Crippen molar-refractivity contribution in [1.29, 1.82) is 0 Å². The van der Waals surface area contributed by atoms with Gasteiger partial charge in [-0.15, -0.1) is 0 Å². The molecule has 1 N–H and O–H groups in total. The standard InChI is InChI=1S/C16H22F2N2O/c17-14-3-4-15(18)13(9-14)10-19-5-7-20(8-6-19)11-16(21)12-1-2-12/h3-4,9,12,16,21H,1-2,5-8,10-11H2/t16-/m1/s1. The molecule has 0 amide bonds. The number of aliphatic hydroxyl groups is 1. The maximum atomic E-state index is 13.6. The van der Waals surface area contributed by atoms with Gasteiger partial charge in [-0.2, -0.15) is 0 Å². The number of nitrogens with zero attached hydrogens (tertiary/aromatic N) is 2. The highest BCUT2D eigenvalue weighted by molar-refractivity contribution is 5.18. The Morgan fingerprint density at radius 2 is 1.76 bits per heavy atom. The van der Waals surface area contributed by atoms with E-state index in [1.165, 1.54) is 12.1 Å². The summed E-state index contributed by atoms with van der Waals surface area (Å²) in [5.74, 6) is -0.231. The Balaban J connectivity index is 1.48. The highest BCUT2D eigenvalue weighted by atomic mass is 19.1. The van der Waals surface area contributed by atoms with E-state index in [1.807, 2.05) is 0 Å². The highest BCUT2D eigenvalue weighted by Crippen LogP contribution is 2.32. The fourth-order valence-electron chi connectivity index (χ4n) is 2.93. The molecule has 3 nitrogen and oxygen atoms in total. The van der Waals surface area contributed by atoms with Gasteiger partial charge in [-0.1, -0.05) is 0 Å². The lowest BCUT2D eigenvalue weighted by Crippen LogP contribution is -2.48. The van der Waals surface area contributed by atoms with E-state index < -0.39 is 5.82 Å². The number of β-amino-alcohol motifs (C(OH)–C–C–N with tert-alkyl or cyclic N) is 1. The van der Waals surface area contributed by atoms with Crippen LogP contribution >= 0.6 is 0 Å². The van der Waals surface area contributed by atoms with Crippen LogP contribution in [0, 0.1) is 17.6 Å². The third-order valence-corrected chi connectivity index (χ3v) is 4.48. The van der Waals surface area contributed by atoms with E-state index in [9.17, 15) is 13.9 Å². The van der Waals surface area contributed by atoms with Gasteiger partial charge in [0.1, 0.15) is 11.6 Å². The van der Waals surface area contributed by atoms with Gasteiger partial charge in [0, 0.05) is 44.8 Å². The number of hydrogen-bond acceptors (Lipinski definition) is 3. The van der Waals surface area contributed by atoms with E-state index in [4.69, 9.17) is 0 Å². The van der Waals surface area contributed by atoms with Crippen LogP contribution in [-0.2, 0) is 6.54 Å². The Labute approximate surface area is 124 Å². The summed E-state index contributed by atoms with van der Waals surface area (Å²) in [5.41, 5.74) is 0.418. The van der Waals surface area contributed by atoms with Crippen molar-refractivity contribution < 1.29 is 13.9 Å². The molecule has 1 heterocycles. The van der Waals surface area contributed by atoms with Gasteiger partial charge in [0.05, 0.1) is 6.10 Å². The van der Waals surface area contributed by atoms with Crippen LogP contribution in [0.2, 0.25) is 0 Å². The summed E-state index contributed by atoms with van der Waals surface area (Å²) in [6, 6.07) is 3.61. The summed E-state index contributed by atoms with van der Waals surface area (Å²) >= 11 is 0. The van der Waals surface area contributed by atoms with Gasteiger partial charge >= 0.3 is 0 Å². The van der Waals surface area contributed by atoms with Gasteiger partial charge in [-0.25, -0.2) is 8.78 Å². The molecule has 1 aliphatic heterocycles. The topological polar surface area (TPSA) is 26.7 Å². The van der Waals surface area contributed by atoms with Crippen LogP contribution in [-0.4, -0.2) is 53.7 Å². The van der Waals surface area contributed by atoms with Crippen LogP contribution in [0.15, 0.2) is 18.2 Å². The molecule has 1 aliphatic carbocycles. The summed E-state index contributed by atoms with van der Waals surface area (Å²) in [6.07, 6.45) is 2.11. The van der Waals surface area contributed by atoms with E-state index >= 15 is 0 Å². The fraction of sp³-hybridized carbons (Fsp3) is 0.625. The van der Waals surface area contributed by atoms with Crippen LogP contribution in [0.3, 0.4) is 0 Å². The molecule has 21 heavy (non-hydrogen) atoms. The first-order valence-corrected chi connectivity index (χ1v) is 7.68. The maximum absolute atomic E-state index is 13.6. The zero-order chi connectivity index (χ0) is 14.8. The van der Waals surface area contributed by atoms with E-state index in [2.05, 4.69) is 9.80 Å². The Morgan fingerprint density at radius 1 is 1.10 bits per heavy atom. The number of aliphatic hydroxyl groups excluding tert-OH is 1. The molecule has 2 aliphatic rings. The van der Waals surface area contributed by atoms with E-state index in [1.54, 1.807) is 0 Å². The SMILES string of the molecule is O[C@H](CN1CCN(Cc2cc(F)ccc2F)CC1)C1CC1. The van der Waals surface area contributed by atoms with Crippen LogP contribution < -0.4 is 0 Å². The first-order valence-electron chi connectivity index (χ1n) is 7.68. The second kappa shape index (κ2) is 6.38. The number of hydrogen-bond donors (Lipinski definition) is 1. The summed E-state index contributed by atoms with van der Waals surface area (Å²) in [5, 5.41) is 9.96. The van der Waals surface area contributed by atoms with Gasteiger partial charge in [-0.05, 0) is 37.0 Å². The number of benzene rings is 1. The lowest BCUT2D eigenvalue weighted by Gasteiger charge is -2.35. The summed E-state index contributed by atoms with van der Waals surface area (Å²) in [6.45, 7) is 4.59. The molecule has 0 unspecified atom stereocenters. The smallest absolute Gasteiger partial charge is 0.127 e. The number of piperazine rings is 1.